The zero-order chi connectivity index (χ0) is 13.3. The summed E-state index contributed by atoms with van der Waals surface area (Å²) in [6.07, 6.45) is 0.809. The molecule has 0 radical (unpaired) electrons. The molecule has 98 valence electrons. The van der Waals surface area contributed by atoms with Crippen LogP contribution in [0.2, 0.25) is 5.02 Å². The summed E-state index contributed by atoms with van der Waals surface area (Å²) < 4.78 is 13.7. The molecular weight excluding hydrogens is 257 g/mol. The van der Waals surface area contributed by atoms with Crippen molar-refractivity contribution in [3.05, 3.63) is 34.6 Å². The van der Waals surface area contributed by atoms with E-state index < -0.39 is 12.0 Å². The minimum absolute atomic E-state index is 0.0769. The number of carboxylic acids is 1. The Hall–Kier alpha value is -1.13. The first kappa shape index (κ1) is 13.3. The van der Waals surface area contributed by atoms with Gasteiger partial charge in [-0.05, 0) is 31.0 Å². The van der Waals surface area contributed by atoms with Crippen molar-refractivity contribution in [1.82, 2.24) is 4.90 Å². The molecule has 0 saturated carbocycles. The van der Waals surface area contributed by atoms with Gasteiger partial charge in [-0.1, -0.05) is 24.6 Å². The lowest BCUT2D eigenvalue weighted by atomic mass is 10.0. The van der Waals surface area contributed by atoms with Crippen LogP contribution in [0.3, 0.4) is 0 Å². The SMILES string of the molecule is CC1CCN(Cc2c(F)cccc2Cl)C1C(=O)O. The van der Waals surface area contributed by atoms with Gasteiger partial charge in [-0.3, -0.25) is 9.69 Å². The maximum atomic E-state index is 13.7. The largest absolute Gasteiger partial charge is 0.480 e. The number of likely N-dealkylation sites (tertiary alicyclic amines) is 1. The number of benzene rings is 1. The van der Waals surface area contributed by atoms with Crippen LogP contribution >= 0.6 is 11.6 Å². The van der Waals surface area contributed by atoms with Crippen molar-refractivity contribution in [3.63, 3.8) is 0 Å². The molecule has 1 fully saturated rings. The molecule has 0 aliphatic carbocycles. The van der Waals surface area contributed by atoms with E-state index in [-0.39, 0.29) is 18.3 Å². The molecule has 1 aromatic carbocycles. The van der Waals surface area contributed by atoms with Gasteiger partial charge >= 0.3 is 5.97 Å². The molecule has 3 nitrogen and oxygen atoms in total. The van der Waals surface area contributed by atoms with Crippen LogP contribution in [0, 0.1) is 11.7 Å². The van der Waals surface area contributed by atoms with Crippen LogP contribution in [0.15, 0.2) is 18.2 Å². The monoisotopic (exact) mass is 271 g/mol. The Morgan fingerprint density at radius 2 is 2.33 bits per heavy atom. The third kappa shape index (κ3) is 2.49. The number of hydrogen-bond acceptors (Lipinski definition) is 2. The van der Waals surface area contributed by atoms with Gasteiger partial charge in [0.2, 0.25) is 0 Å². The summed E-state index contributed by atoms with van der Waals surface area (Å²) in [6, 6.07) is 3.95. The van der Waals surface area contributed by atoms with Crippen molar-refractivity contribution in [3.8, 4) is 0 Å². The van der Waals surface area contributed by atoms with Gasteiger partial charge in [0.15, 0.2) is 0 Å². The number of carbonyl (C=O) groups is 1. The molecule has 0 amide bonds. The lowest BCUT2D eigenvalue weighted by molar-refractivity contribution is -0.143. The molecule has 2 unspecified atom stereocenters. The van der Waals surface area contributed by atoms with Gasteiger partial charge in [-0.25, -0.2) is 4.39 Å². The second kappa shape index (κ2) is 5.24. The Balaban J connectivity index is 2.21. The van der Waals surface area contributed by atoms with E-state index in [1.165, 1.54) is 6.07 Å². The molecule has 2 rings (SSSR count). The first-order chi connectivity index (χ1) is 8.50. The van der Waals surface area contributed by atoms with E-state index >= 15 is 0 Å². The van der Waals surface area contributed by atoms with Gasteiger partial charge < -0.3 is 5.11 Å². The van der Waals surface area contributed by atoms with Gasteiger partial charge in [-0.2, -0.15) is 0 Å². The summed E-state index contributed by atoms with van der Waals surface area (Å²) in [5.41, 5.74) is 0.375. The van der Waals surface area contributed by atoms with Crippen molar-refractivity contribution < 1.29 is 14.3 Å². The average Bonchev–Trinajstić information content (AvgIpc) is 2.65. The zero-order valence-corrected chi connectivity index (χ0v) is 10.8. The van der Waals surface area contributed by atoms with E-state index in [1.54, 1.807) is 17.0 Å². The van der Waals surface area contributed by atoms with Crippen molar-refractivity contribution in [1.29, 1.82) is 0 Å². The highest BCUT2D eigenvalue weighted by Gasteiger charge is 2.37. The highest BCUT2D eigenvalue weighted by atomic mass is 35.5. The minimum atomic E-state index is -0.854. The highest BCUT2D eigenvalue weighted by molar-refractivity contribution is 6.31. The molecule has 1 aromatic rings. The molecule has 5 heteroatoms. The molecule has 0 spiro atoms. The van der Waals surface area contributed by atoms with Crippen LogP contribution in [-0.2, 0) is 11.3 Å². The highest BCUT2D eigenvalue weighted by Crippen LogP contribution is 2.28. The normalized spacial score (nSPS) is 24.4. The van der Waals surface area contributed by atoms with Crippen LogP contribution in [0.4, 0.5) is 4.39 Å². The van der Waals surface area contributed by atoms with Gasteiger partial charge in [0, 0.05) is 17.1 Å². The Labute approximate surface area is 110 Å². The summed E-state index contributed by atoms with van der Waals surface area (Å²) >= 11 is 5.96. The summed E-state index contributed by atoms with van der Waals surface area (Å²) in [7, 11) is 0. The summed E-state index contributed by atoms with van der Waals surface area (Å²) in [4.78, 5) is 13.0. The third-order valence-corrected chi connectivity index (χ3v) is 3.83. The van der Waals surface area contributed by atoms with E-state index in [0.29, 0.717) is 17.1 Å². The van der Waals surface area contributed by atoms with Gasteiger partial charge in [0.25, 0.3) is 0 Å². The van der Waals surface area contributed by atoms with E-state index in [2.05, 4.69) is 0 Å². The van der Waals surface area contributed by atoms with E-state index in [9.17, 15) is 14.3 Å². The molecule has 0 aromatic heterocycles. The number of rotatable bonds is 3. The average molecular weight is 272 g/mol. The summed E-state index contributed by atoms with van der Waals surface area (Å²) in [6.45, 7) is 2.80. The minimum Gasteiger partial charge on any atom is -0.480 e. The smallest absolute Gasteiger partial charge is 0.321 e. The van der Waals surface area contributed by atoms with Crippen LogP contribution in [0.25, 0.3) is 0 Å². The van der Waals surface area contributed by atoms with E-state index in [0.717, 1.165) is 6.42 Å². The van der Waals surface area contributed by atoms with Crippen molar-refractivity contribution in [2.45, 2.75) is 25.9 Å². The van der Waals surface area contributed by atoms with Crippen LogP contribution in [0.1, 0.15) is 18.9 Å². The molecule has 1 N–H and O–H groups in total. The second-order valence-electron chi connectivity index (χ2n) is 4.72. The van der Waals surface area contributed by atoms with E-state index in [1.807, 2.05) is 6.92 Å². The predicted molar refractivity (Wildman–Crippen MR) is 67.0 cm³/mol. The molecule has 1 aliphatic heterocycles. The van der Waals surface area contributed by atoms with Crippen LogP contribution in [-0.4, -0.2) is 28.6 Å². The van der Waals surface area contributed by atoms with Gasteiger partial charge in [0.05, 0.1) is 0 Å². The van der Waals surface area contributed by atoms with Crippen molar-refractivity contribution >= 4 is 17.6 Å². The van der Waals surface area contributed by atoms with Crippen LogP contribution < -0.4 is 0 Å². The quantitative estimate of drug-likeness (QED) is 0.919. The lowest BCUT2D eigenvalue weighted by Crippen LogP contribution is -2.38. The standard InChI is InChI=1S/C13H15ClFNO2/c1-8-5-6-16(12(8)13(17)18)7-9-10(14)3-2-4-11(9)15/h2-4,8,12H,5-7H2,1H3,(H,17,18). The molecule has 1 heterocycles. The first-order valence-corrected chi connectivity index (χ1v) is 6.28. The maximum absolute atomic E-state index is 13.7. The Morgan fingerprint density at radius 1 is 1.61 bits per heavy atom. The third-order valence-electron chi connectivity index (χ3n) is 3.48. The molecule has 1 saturated heterocycles. The number of nitrogens with zero attached hydrogens (tertiary/aromatic N) is 1. The van der Waals surface area contributed by atoms with Gasteiger partial charge in [0.1, 0.15) is 11.9 Å². The number of carboxylic acid groups (broad SMARTS) is 1. The molecular formula is C13H15ClFNO2. The Bertz CT molecular complexity index is 446. The molecule has 18 heavy (non-hydrogen) atoms. The Kier molecular flexibility index (Phi) is 3.88. The van der Waals surface area contributed by atoms with Gasteiger partial charge in [-0.15, -0.1) is 0 Å². The summed E-state index contributed by atoms with van der Waals surface area (Å²) in [5.74, 6) is -1.16. The predicted octanol–water partition coefficient (Wildman–Crippen LogP) is 2.77. The topological polar surface area (TPSA) is 40.5 Å². The van der Waals surface area contributed by atoms with E-state index in [4.69, 9.17) is 11.6 Å². The summed E-state index contributed by atoms with van der Waals surface area (Å²) in [5, 5.41) is 9.55. The fourth-order valence-corrected chi connectivity index (χ4v) is 2.71. The van der Waals surface area contributed by atoms with Crippen LogP contribution in [0.5, 0.6) is 0 Å². The number of halogens is 2. The second-order valence-corrected chi connectivity index (χ2v) is 5.13. The Morgan fingerprint density at radius 3 is 2.94 bits per heavy atom. The zero-order valence-electron chi connectivity index (χ0n) is 10.1. The molecule has 0 bridgehead atoms. The number of aliphatic carboxylic acids is 1. The number of hydrogen-bond donors (Lipinski definition) is 1. The van der Waals surface area contributed by atoms with Crippen molar-refractivity contribution in [2.24, 2.45) is 5.92 Å². The molecule has 1 aliphatic rings. The maximum Gasteiger partial charge on any atom is 0.321 e. The first-order valence-electron chi connectivity index (χ1n) is 5.90. The molecule has 2 atom stereocenters. The lowest BCUT2D eigenvalue weighted by Gasteiger charge is -2.23. The van der Waals surface area contributed by atoms with Crippen molar-refractivity contribution in [2.75, 3.05) is 6.54 Å². The fraction of sp³-hybridized carbons (Fsp3) is 0.462. The fourth-order valence-electron chi connectivity index (χ4n) is 2.49.